The van der Waals surface area contributed by atoms with Crippen molar-refractivity contribution in [3.63, 3.8) is 0 Å². The lowest BCUT2D eigenvalue weighted by Gasteiger charge is -2.31. The van der Waals surface area contributed by atoms with Crippen LogP contribution in [0.3, 0.4) is 0 Å². The Morgan fingerprint density at radius 2 is 1.86 bits per heavy atom. The van der Waals surface area contributed by atoms with Gasteiger partial charge in [0.2, 0.25) is 5.91 Å². The number of rotatable bonds is 4. The molecular formula is C24H21N3O2. The van der Waals surface area contributed by atoms with Gasteiger partial charge in [-0.2, -0.15) is 0 Å². The number of aromatic nitrogens is 1. The molecule has 0 aliphatic carbocycles. The number of nitrogens with zero attached hydrogens (tertiary/aromatic N) is 3. The van der Waals surface area contributed by atoms with Gasteiger partial charge in [-0.25, -0.2) is 4.90 Å². The number of aliphatic imine (C=N–C) groups is 1. The minimum Gasteiger partial charge on any atom is -0.292 e. The Morgan fingerprint density at radius 3 is 2.62 bits per heavy atom. The van der Waals surface area contributed by atoms with E-state index in [1.54, 1.807) is 24.7 Å². The number of anilines is 1. The minimum atomic E-state index is -0.609. The molecule has 29 heavy (non-hydrogen) atoms. The number of benzene rings is 2. The first kappa shape index (κ1) is 18.7. The second kappa shape index (κ2) is 7.80. The first-order valence-corrected chi connectivity index (χ1v) is 9.49. The van der Waals surface area contributed by atoms with E-state index in [2.05, 4.69) is 9.98 Å². The summed E-state index contributed by atoms with van der Waals surface area (Å²) in [4.78, 5) is 36.3. The van der Waals surface area contributed by atoms with Crippen molar-refractivity contribution in [2.45, 2.75) is 26.3 Å². The molecule has 0 unspecified atom stereocenters. The molecule has 2 heterocycles. The largest absolute Gasteiger partial charge is 0.292 e. The van der Waals surface area contributed by atoms with Crippen LogP contribution in [0.1, 0.15) is 38.5 Å². The van der Waals surface area contributed by atoms with Gasteiger partial charge in [0, 0.05) is 24.2 Å². The molecule has 2 aromatic carbocycles. The summed E-state index contributed by atoms with van der Waals surface area (Å²) >= 11 is 0. The van der Waals surface area contributed by atoms with Gasteiger partial charge in [-0.05, 0) is 60.4 Å². The highest BCUT2D eigenvalue weighted by Gasteiger charge is 2.38. The van der Waals surface area contributed by atoms with E-state index in [0.29, 0.717) is 23.4 Å². The van der Waals surface area contributed by atoms with E-state index in [9.17, 15) is 9.59 Å². The van der Waals surface area contributed by atoms with E-state index in [4.69, 9.17) is 0 Å². The fourth-order valence-corrected chi connectivity index (χ4v) is 3.46. The molecule has 0 bridgehead atoms. The van der Waals surface area contributed by atoms with E-state index >= 15 is 0 Å². The topological polar surface area (TPSA) is 62.6 Å². The first-order valence-electron chi connectivity index (χ1n) is 9.49. The van der Waals surface area contributed by atoms with E-state index in [1.807, 2.05) is 62.4 Å². The molecule has 1 aromatic heterocycles. The molecule has 0 fully saturated rings. The van der Waals surface area contributed by atoms with Gasteiger partial charge in [-0.15, -0.1) is 0 Å². The lowest BCUT2D eigenvalue weighted by Crippen LogP contribution is -2.45. The quantitative estimate of drug-likeness (QED) is 0.500. The Bertz CT molecular complexity index is 1110. The highest BCUT2D eigenvalue weighted by Crippen LogP contribution is 2.32. The summed E-state index contributed by atoms with van der Waals surface area (Å²) in [5.41, 5.74) is 4.91. The number of amides is 2. The predicted molar refractivity (Wildman–Crippen MR) is 113 cm³/mol. The third-order valence-electron chi connectivity index (χ3n) is 5.22. The SMILES string of the molecule is Cc1ccc(N2C(=O)c3ccccc3[C@H](C=NCc3cccnc3)C2=O)cc1C. The van der Waals surface area contributed by atoms with E-state index in [0.717, 1.165) is 16.7 Å². The van der Waals surface area contributed by atoms with Crippen molar-refractivity contribution in [3.05, 3.63) is 94.8 Å². The van der Waals surface area contributed by atoms with Crippen molar-refractivity contribution in [2.24, 2.45) is 4.99 Å². The lowest BCUT2D eigenvalue weighted by atomic mass is 9.88. The van der Waals surface area contributed by atoms with Crippen LogP contribution in [0.25, 0.3) is 0 Å². The number of carbonyl (C=O) groups excluding carboxylic acids is 2. The summed E-state index contributed by atoms with van der Waals surface area (Å²) in [6.07, 6.45) is 5.11. The number of pyridine rings is 1. The zero-order chi connectivity index (χ0) is 20.4. The van der Waals surface area contributed by atoms with Gasteiger partial charge in [-0.3, -0.25) is 19.6 Å². The zero-order valence-electron chi connectivity index (χ0n) is 16.4. The van der Waals surface area contributed by atoms with Crippen molar-refractivity contribution in [2.75, 3.05) is 4.90 Å². The maximum Gasteiger partial charge on any atom is 0.265 e. The maximum absolute atomic E-state index is 13.3. The lowest BCUT2D eigenvalue weighted by molar-refractivity contribution is -0.118. The number of carbonyl (C=O) groups is 2. The van der Waals surface area contributed by atoms with Gasteiger partial charge >= 0.3 is 0 Å². The van der Waals surface area contributed by atoms with Gasteiger partial charge in [-0.1, -0.05) is 30.3 Å². The van der Waals surface area contributed by atoms with Crippen LogP contribution >= 0.6 is 0 Å². The molecule has 2 amide bonds. The molecule has 3 aromatic rings. The first-order chi connectivity index (χ1) is 14.1. The van der Waals surface area contributed by atoms with Gasteiger partial charge in [0.25, 0.3) is 5.91 Å². The van der Waals surface area contributed by atoms with Crippen LogP contribution in [0, 0.1) is 13.8 Å². The van der Waals surface area contributed by atoms with Crippen molar-refractivity contribution < 1.29 is 9.59 Å². The number of imide groups is 1. The number of hydrogen-bond acceptors (Lipinski definition) is 4. The Labute approximate surface area is 169 Å². The van der Waals surface area contributed by atoms with Gasteiger partial charge in [0.05, 0.1) is 18.2 Å². The second-order valence-corrected chi connectivity index (χ2v) is 7.16. The molecule has 0 radical (unpaired) electrons. The zero-order valence-corrected chi connectivity index (χ0v) is 16.4. The third kappa shape index (κ3) is 3.59. The van der Waals surface area contributed by atoms with Crippen LogP contribution in [0.4, 0.5) is 5.69 Å². The van der Waals surface area contributed by atoms with Gasteiger partial charge < -0.3 is 0 Å². The highest BCUT2D eigenvalue weighted by atomic mass is 16.2. The van der Waals surface area contributed by atoms with Crippen LogP contribution in [0.2, 0.25) is 0 Å². The molecule has 0 saturated carbocycles. The van der Waals surface area contributed by atoms with Gasteiger partial charge in [0.15, 0.2) is 0 Å². The van der Waals surface area contributed by atoms with E-state index in [1.165, 1.54) is 4.90 Å². The third-order valence-corrected chi connectivity index (χ3v) is 5.22. The summed E-state index contributed by atoms with van der Waals surface area (Å²) < 4.78 is 0. The average molecular weight is 383 g/mol. The molecular weight excluding hydrogens is 362 g/mol. The van der Waals surface area contributed by atoms with E-state index < -0.39 is 5.92 Å². The monoisotopic (exact) mass is 383 g/mol. The summed E-state index contributed by atoms with van der Waals surface area (Å²) in [6.45, 7) is 4.40. The number of fused-ring (bicyclic) bond motifs is 1. The fraction of sp³-hybridized carbons (Fsp3) is 0.167. The second-order valence-electron chi connectivity index (χ2n) is 7.16. The summed E-state index contributed by atoms with van der Waals surface area (Å²) in [7, 11) is 0. The highest BCUT2D eigenvalue weighted by molar-refractivity contribution is 6.29. The van der Waals surface area contributed by atoms with Crippen LogP contribution in [0.5, 0.6) is 0 Å². The molecule has 1 aliphatic heterocycles. The van der Waals surface area contributed by atoms with Crippen LogP contribution in [-0.2, 0) is 11.3 Å². The van der Waals surface area contributed by atoms with Crippen LogP contribution in [-0.4, -0.2) is 23.0 Å². The molecule has 5 heteroatoms. The standard InChI is InChI=1S/C24H21N3O2/c1-16-9-10-19(12-17(16)2)27-23(28)21-8-4-3-7-20(21)22(24(27)29)15-26-14-18-6-5-11-25-13-18/h3-13,15,22H,14H2,1-2H3/t22-/m0/s1. The summed E-state index contributed by atoms with van der Waals surface area (Å²) in [6, 6.07) is 16.7. The number of hydrogen-bond donors (Lipinski definition) is 0. The van der Waals surface area contributed by atoms with Crippen LogP contribution in [0.15, 0.2) is 72.0 Å². The molecule has 4 rings (SSSR count). The molecule has 144 valence electrons. The van der Waals surface area contributed by atoms with Crippen molar-refractivity contribution in [3.8, 4) is 0 Å². The van der Waals surface area contributed by atoms with Crippen molar-refractivity contribution in [1.29, 1.82) is 0 Å². The number of aryl methyl sites for hydroxylation is 2. The molecule has 1 atom stereocenters. The Hall–Kier alpha value is -3.60. The summed E-state index contributed by atoms with van der Waals surface area (Å²) in [5.74, 6) is -1.19. The fourth-order valence-electron chi connectivity index (χ4n) is 3.46. The predicted octanol–water partition coefficient (Wildman–Crippen LogP) is 4.24. The minimum absolute atomic E-state index is 0.285. The normalized spacial score (nSPS) is 16.3. The molecule has 1 aliphatic rings. The molecule has 5 nitrogen and oxygen atoms in total. The molecule has 0 spiro atoms. The van der Waals surface area contributed by atoms with Crippen LogP contribution < -0.4 is 4.90 Å². The van der Waals surface area contributed by atoms with Gasteiger partial charge in [0.1, 0.15) is 0 Å². The molecule has 0 saturated heterocycles. The average Bonchev–Trinajstić information content (AvgIpc) is 2.74. The Kier molecular flexibility index (Phi) is 5.04. The smallest absolute Gasteiger partial charge is 0.265 e. The molecule has 0 N–H and O–H groups in total. The van der Waals surface area contributed by atoms with Crippen molar-refractivity contribution in [1.82, 2.24) is 4.98 Å². The van der Waals surface area contributed by atoms with Crippen molar-refractivity contribution >= 4 is 23.7 Å². The Balaban J connectivity index is 1.72. The Morgan fingerprint density at radius 1 is 1.03 bits per heavy atom. The maximum atomic E-state index is 13.3. The summed E-state index contributed by atoms with van der Waals surface area (Å²) in [5, 5.41) is 0. The van der Waals surface area contributed by atoms with E-state index in [-0.39, 0.29) is 11.8 Å².